The van der Waals surface area contributed by atoms with Crippen LogP contribution < -0.4 is 5.32 Å². The van der Waals surface area contributed by atoms with Gasteiger partial charge in [0.05, 0.1) is 6.61 Å². The molecule has 15 heavy (non-hydrogen) atoms. The predicted octanol–water partition coefficient (Wildman–Crippen LogP) is 2.80. The Morgan fingerprint density at radius 2 is 1.93 bits per heavy atom. The zero-order valence-electron chi connectivity index (χ0n) is 9.97. The quantitative estimate of drug-likeness (QED) is 0.563. The van der Waals surface area contributed by atoms with Crippen LogP contribution in [0.4, 0.5) is 0 Å². The van der Waals surface area contributed by atoms with Gasteiger partial charge in [-0.05, 0) is 31.6 Å². The van der Waals surface area contributed by atoms with Crippen molar-refractivity contribution in [2.45, 2.75) is 50.9 Å². The topological polar surface area (TPSA) is 21.3 Å². The summed E-state index contributed by atoms with van der Waals surface area (Å²) < 4.78 is 5.52. The number of rotatable bonds is 6. The van der Waals surface area contributed by atoms with Crippen LogP contribution in [0, 0.1) is 5.92 Å². The third-order valence-corrected chi connectivity index (χ3v) is 3.22. The van der Waals surface area contributed by atoms with E-state index < -0.39 is 0 Å². The van der Waals surface area contributed by atoms with Crippen LogP contribution in [-0.4, -0.2) is 31.2 Å². The summed E-state index contributed by atoms with van der Waals surface area (Å²) >= 11 is 6.05. The highest BCUT2D eigenvalue weighted by atomic mass is 35.5. The first kappa shape index (κ1) is 13.3. The van der Waals surface area contributed by atoms with Crippen LogP contribution in [0.1, 0.15) is 39.5 Å². The van der Waals surface area contributed by atoms with Gasteiger partial charge in [0.2, 0.25) is 0 Å². The monoisotopic (exact) mass is 233 g/mol. The molecule has 0 aromatic carbocycles. The van der Waals surface area contributed by atoms with Crippen molar-refractivity contribution in [1.82, 2.24) is 5.32 Å². The second kappa shape index (κ2) is 7.48. The number of hydrogen-bond acceptors (Lipinski definition) is 2. The fraction of sp³-hybridized carbons (Fsp3) is 1.00. The van der Waals surface area contributed by atoms with Gasteiger partial charge in [-0.15, -0.1) is 11.6 Å². The van der Waals surface area contributed by atoms with Gasteiger partial charge in [0.25, 0.3) is 0 Å². The molecule has 1 aliphatic carbocycles. The summed E-state index contributed by atoms with van der Waals surface area (Å²) in [5.41, 5.74) is 0. The average Bonchev–Trinajstić information content (AvgIpc) is 2.20. The van der Waals surface area contributed by atoms with E-state index in [1.165, 1.54) is 12.8 Å². The summed E-state index contributed by atoms with van der Waals surface area (Å²) in [6, 6.07) is 0.669. The zero-order chi connectivity index (χ0) is 11.1. The van der Waals surface area contributed by atoms with Crippen LogP contribution in [0.5, 0.6) is 0 Å². The molecular weight excluding hydrogens is 210 g/mol. The van der Waals surface area contributed by atoms with Gasteiger partial charge in [-0.3, -0.25) is 0 Å². The molecule has 0 bridgehead atoms. The molecule has 0 atom stereocenters. The third-order valence-electron chi connectivity index (χ3n) is 2.79. The van der Waals surface area contributed by atoms with Gasteiger partial charge in [-0.1, -0.05) is 13.8 Å². The normalized spacial score (nSPS) is 27.2. The molecule has 1 rings (SSSR count). The maximum Gasteiger partial charge on any atom is 0.0591 e. The van der Waals surface area contributed by atoms with Crippen LogP contribution in [0.25, 0.3) is 0 Å². The number of nitrogens with one attached hydrogen (secondary N) is 1. The molecule has 0 radical (unpaired) electrons. The van der Waals surface area contributed by atoms with Crippen LogP contribution >= 0.6 is 11.6 Å². The van der Waals surface area contributed by atoms with E-state index in [9.17, 15) is 0 Å². The Morgan fingerprint density at radius 3 is 2.53 bits per heavy atom. The smallest absolute Gasteiger partial charge is 0.0591 e. The number of ether oxygens (including phenoxy) is 1. The number of hydrogen-bond donors (Lipinski definition) is 1. The van der Waals surface area contributed by atoms with Crippen molar-refractivity contribution >= 4 is 11.6 Å². The summed E-state index contributed by atoms with van der Waals surface area (Å²) in [5, 5.41) is 3.95. The third kappa shape index (κ3) is 6.39. The van der Waals surface area contributed by atoms with E-state index in [4.69, 9.17) is 16.3 Å². The lowest BCUT2D eigenvalue weighted by Crippen LogP contribution is -2.35. The largest absolute Gasteiger partial charge is 0.380 e. The van der Waals surface area contributed by atoms with Gasteiger partial charge in [0.15, 0.2) is 0 Å². The fourth-order valence-corrected chi connectivity index (χ4v) is 2.16. The van der Waals surface area contributed by atoms with Gasteiger partial charge >= 0.3 is 0 Å². The first-order valence-corrected chi connectivity index (χ1v) is 6.57. The minimum Gasteiger partial charge on any atom is -0.380 e. The van der Waals surface area contributed by atoms with E-state index in [1.807, 2.05) is 0 Å². The molecule has 0 aromatic heterocycles. The van der Waals surface area contributed by atoms with E-state index in [1.54, 1.807) is 0 Å². The number of halogens is 1. The summed E-state index contributed by atoms with van der Waals surface area (Å²) in [5.74, 6) is 0.636. The van der Waals surface area contributed by atoms with Crippen LogP contribution in [0.3, 0.4) is 0 Å². The summed E-state index contributed by atoms with van der Waals surface area (Å²) in [6.45, 7) is 7.03. The van der Waals surface area contributed by atoms with E-state index in [-0.39, 0.29) is 0 Å². The predicted molar refractivity (Wildman–Crippen MR) is 65.6 cm³/mol. The molecule has 0 aliphatic heterocycles. The molecule has 0 aromatic rings. The van der Waals surface area contributed by atoms with Gasteiger partial charge < -0.3 is 10.1 Å². The molecule has 0 heterocycles. The van der Waals surface area contributed by atoms with Crippen molar-refractivity contribution in [3.8, 4) is 0 Å². The fourth-order valence-electron chi connectivity index (χ4n) is 1.91. The molecule has 1 saturated carbocycles. The molecule has 1 fully saturated rings. The van der Waals surface area contributed by atoms with E-state index >= 15 is 0 Å². The first-order valence-electron chi connectivity index (χ1n) is 6.13. The lowest BCUT2D eigenvalue weighted by atomic mass is 9.95. The Morgan fingerprint density at radius 1 is 1.27 bits per heavy atom. The Bertz CT molecular complexity index is 156. The minimum atomic E-state index is 0.417. The van der Waals surface area contributed by atoms with Crippen molar-refractivity contribution < 1.29 is 4.74 Å². The molecule has 0 unspecified atom stereocenters. The molecule has 0 amide bonds. The van der Waals surface area contributed by atoms with E-state index in [0.717, 1.165) is 32.6 Å². The van der Waals surface area contributed by atoms with Crippen LogP contribution in [0.2, 0.25) is 0 Å². The lowest BCUT2D eigenvalue weighted by Gasteiger charge is -2.25. The Balaban J connectivity index is 1.91. The standard InChI is InChI=1S/C12H24ClNO/c1-10(2)9-15-8-7-14-12-5-3-11(13)4-6-12/h10-12,14H,3-9H2,1-2H3. The highest BCUT2D eigenvalue weighted by Gasteiger charge is 2.18. The SMILES string of the molecule is CC(C)COCCNC1CCC(Cl)CC1. The maximum atomic E-state index is 6.05. The minimum absolute atomic E-state index is 0.417. The van der Waals surface area contributed by atoms with Crippen molar-refractivity contribution in [2.75, 3.05) is 19.8 Å². The van der Waals surface area contributed by atoms with Crippen molar-refractivity contribution in [1.29, 1.82) is 0 Å². The molecule has 1 N–H and O–H groups in total. The summed E-state index contributed by atoms with van der Waals surface area (Å²) in [6.07, 6.45) is 4.76. The molecule has 0 spiro atoms. The molecular formula is C12H24ClNO. The Labute approximate surface area is 98.7 Å². The average molecular weight is 234 g/mol. The first-order chi connectivity index (χ1) is 7.18. The van der Waals surface area contributed by atoms with E-state index in [0.29, 0.717) is 17.3 Å². The van der Waals surface area contributed by atoms with E-state index in [2.05, 4.69) is 19.2 Å². The molecule has 90 valence electrons. The van der Waals surface area contributed by atoms with Gasteiger partial charge in [0.1, 0.15) is 0 Å². The highest BCUT2D eigenvalue weighted by Crippen LogP contribution is 2.22. The van der Waals surface area contributed by atoms with Crippen molar-refractivity contribution in [2.24, 2.45) is 5.92 Å². The van der Waals surface area contributed by atoms with Gasteiger partial charge in [-0.25, -0.2) is 0 Å². The van der Waals surface area contributed by atoms with Crippen molar-refractivity contribution in [3.05, 3.63) is 0 Å². The highest BCUT2D eigenvalue weighted by molar-refractivity contribution is 6.20. The van der Waals surface area contributed by atoms with Gasteiger partial charge in [0, 0.05) is 24.6 Å². The van der Waals surface area contributed by atoms with Crippen molar-refractivity contribution in [3.63, 3.8) is 0 Å². The second-order valence-corrected chi connectivity index (χ2v) is 5.49. The van der Waals surface area contributed by atoms with Gasteiger partial charge in [-0.2, -0.15) is 0 Å². The lowest BCUT2D eigenvalue weighted by molar-refractivity contribution is 0.109. The zero-order valence-corrected chi connectivity index (χ0v) is 10.7. The molecule has 2 nitrogen and oxygen atoms in total. The summed E-state index contributed by atoms with van der Waals surface area (Å²) in [4.78, 5) is 0. The van der Waals surface area contributed by atoms with Crippen LogP contribution in [0.15, 0.2) is 0 Å². The maximum absolute atomic E-state index is 6.05. The number of alkyl halides is 1. The molecule has 3 heteroatoms. The second-order valence-electron chi connectivity index (χ2n) is 4.87. The Kier molecular flexibility index (Phi) is 6.62. The molecule has 1 aliphatic rings. The summed E-state index contributed by atoms with van der Waals surface area (Å²) in [7, 11) is 0. The molecule has 0 saturated heterocycles. The van der Waals surface area contributed by atoms with Crippen LogP contribution in [-0.2, 0) is 4.74 Å². The Hall–Kier alpha value is 0.210.